The maximum Gasteiger partial charge on any atom is 0.224 e. The Balaban J connectivity index is 2.41. The molecule has 0 radical (unpaired) electrons. The second-order valence-electron chi connectivity index (χ2n) is 4.57. The first-order valence-corrected chi connectivity index (χ1v) is 6.89. The minimum atomic E-state index is 0.0185. The Morgan fingerprint density at radius 1 is 1.15 bits per heavy atom. The number of nitrogens with two attached hydrogens (primary N) is 1. The SMILES string of the molecule is COc1ccc(CC(=O)NCCCCCN)cc1OC. The number of carbonyl (C=O) groups excluding carboxylic acids is 1. The molecule has 112 valence electrons. The van der Waals surface area contributed by atoms with Gasteiger partial charge in [-0.2, -0.15) is 0 Å². The lowest BCUT2D eigenvalue weighted by Crippen LogP contribution is -2.26. The van der Waals surface area contributed by atoms with Gasteiger partial charge in [-0.15, -0.1) is 0 Å². The molecule has 5 nitrogen and oxygen atoms in total. The molecular weight excluding hydrogens is 256 g/mol. The molecule has 1 aromatic carbocycles. The molecule has 0 spiro atoms. The van der Waals surface area contributed by atoms with Gasteiger partial charge in [0.2, 0.25) is 5.91 Å². The molecule has 1 aromatic rings. The van der Waals surface area contributed by atoms with E-state index in [1.54, 1.807) is 14.2 Å². The molecule has 3 N–H and O–H groups in total. The lowest BCUT2D eigenvalue weighted by Gasteiger charge is -2.10. The van der Waals surface area contributed by atoms with E-state index in [4.69, 9.17) is 15.2 Å². The van der Waals surface area contributed by atoms with Gasteiger partial charge in [-0.3, -0.25) is 4.79 Å². The zero-order valence-corrected chi connectivity index (χ0v) is 12.3. The molecule has 0 fully saturated rings. The largest absolute Gasteiger partial charge is 0.493 e. The van der Waals surface area contributed by atoms with Crippen LogP contribution < -0.4 is 20.5 Å². The predicted octanol–water partition coefficient (Wildman–Crippen LogP) is 1.49. The third-order valence-electron chi connectivity index (χ3n) is 3.02. The first kappa shape index (κ1) is 16.3. The highest BCUT2D eigenvalue weighted by Crippen LogP contribution is 2.27. The summed E-state index contributed by atoms with van der Waals surface area (Å²) in [6, 6.07) is 5.50. The van der Waals surface area contributed by atoms with E-state index in [-0.39, 0.29) is 5.91 Å². The Labute approximate surface area is 120 Å². The molecule has 20 heavy (non-hydrogen) atoms. The highest BCUT2D eigenvalue weighted by molar-refractivity contribution is 5.78. The number of carbonyl (C=O) groups is 1. The van der Waals surface area contributed by atoms with Crippen LogP contribution in [0.15, 0.2) is 18.2 Å². The van der Waals surface area contributed by atoms with Crippen LogP contribution in [0.5, 0.6) is 11.5 Å². The van der Waals surface area contributed by atoms with Crippen molar-refractivity contribution in [3.05, 3.63) is 23.8 Å². The first-order valence-electron chi connectivity index (χ1n) is 6.89. The van der Waals surface area contributed by atoms with Crippen LogP contribution in [0.3, 0.4) is 0 Å². The molecule has 0 saturated carbocycles. The van der Waals surface area contributed by atoms with Gasteiger partial charge < -0.3 is 20.5 Å². The number of hydrogen-bond donors (Lipinski definition) is 2. The molecule has 0 aliphatic rings. The van der Waals surface area contributed by atoms with Gasteiger partial charge in [0.1, 0.15) is 0 Å². The fourth-order valence-corrected chi connectivity index (χ4v) is 1.91. The molecule has 0 heterocycles. The molecular formula is C15H24N2O3. The predicted molar refractivity (Wildman–Crippen MR) is 79.2 cm³/mol. The second-order valence-corrected chi connectivity index (χ2v) is 4.57. The first-order chi connectivity index (χ1) is 9.71. The number of ether oxygens (including phenoxy) is 2. The van der Waals surface area contributed by atoms with E-state index >= 15 is 0 Å². The molecule has 0 atom stereocenters. The second kappa shape index (κ2) is 9.20. The van der Waals surface area contributed by atoms with Crippen molar-refractivity contribution in [2.24, 2.45) is 5.73 Å². The van der Waals surface area contributed by atoms with E-state index in [9.17, 15) is 4.79 Å². The molecule has 0 unspecified atom stereocenters. The molecule has 0 saturated heterocycles. The summed E-state index contributed by atoms with van der Waals surface area (Å²) in [6.07, 6.45) is 3.37. The maximum absolute atomic E-state index is 11.8. The summed E-state index contributed by atoms with van der Waals surface area (Å²) in [5.41, 5.74) is 6.32. The average Bonchev–Trinajstić information content (AvgIpc) is 2.46. The van der Waals surface area contributed by atoms with Crippen molar-refractivity contribution in [1.29, 1.82) is 0 Å². The number of benzene rings is 1. The van der Waals surface area contributed by atoms with Crippen LogP contribution in [0.1, 0.15) is 24.8 Å². The molecule has 0 aliphatic heterocycles. The van der Waals surface area contributed by atoms with E-state index in [0.717, 1.165) is 24.8 Å². The van der Waals surface area contributed by atoms with E-state index in [0.29, 0.717) is 31.0 Å². The summed E-state index contributed by atoms with van der Waals surface area (Å²) in [5, 5.41) is 2.90. The average molecular weight is 280 g/mol. The Bertz CT molecular complexity index is 422. The van der Waals surface area contributed by atoms with Crippen LogP contribution in [-0.4, -0.2) is 33.2 Å². The van der Waals surface area contributed by atoms with Gasteiger partial charge in [-0.1, -0.05) is 12.5 Å². The van der Waals surface area contributed by atoms with Crippen molar-refractivity contribution in [3.8, 4) is 11.5 Å². The zero-order chi connectivity index (χ0) is 14.8. The van der Waals surface area contributed by atoms with Crippen LogP contribution in [0.25, 0.3) is 0 Å². The van der Waals surface area contributed by atoms with Crippen molar-refractivity contribution < 1.29 is 14.3 Å². The monoisotopic (exact) mass is 280 g/mol. The highest BCUT2D eigenvalue weighted by atomic mass is 16.5. The van der Waals surface area contributed by atoms with Gasteiger partial charge in [-0.05, 0) is 37.1 Å². The molecule has 0 aromatic heterocycles. The number of rotatable bonds is 9. The van der Waals surface area contributed by atoms with Gasteiger partial charge in [0.05, 0.1) is 20.6 Å². The van der Waals surface area contributed by atoms with Crippen molar-refractivity contribution in [2.75, 3.05) is 27.3 Å². The minimum Gasteiger partial charge on any atom is -0.493 e. The number of nitrogens with one attached hydrogen (secondary N) is 1. The molecule has 1 rings (SSSR count). The van der Waals surface area contributed by atoms with Gasteiger partial charge in [-0.25, -0.2) is 0 Å². The Hall–Kier alpha value is -1.75. The van der Waals surface area contributed by atoms with E-state index in [1.807, 2.05) is 18.2 Å². The van der Waals surface area contributed by atoms with Crippen LogP contribution in [0.4, 0.5) is 0 Å². The number of amides is 1. The van der Waals surface area contributed by atoms with Gasteiger partial charge in [0.15, 0.2) is 11.5 Å². The summed E-state index contributed by atoms with van der Waals surface area (Å²) >= 11 is 0. The normalized spacial score (nSPS) is 10.2. The third kappa shape index (κ3) is 5.48. The topological polar surface area (TPSA) is 73.6 Å². The lowest BCUT2D eigenvalue weighted by atomic mass is 10.1. The van der Waals surface area contributed by atoms with Crippen molar-refractivity contribution in [2.45, 2.75) is 25.7 Å². The van der Waals surface area contributed by atoms with Crippen LogP contribution in [0.2, 0.25) is 0 Å². The summed E-state index contributed by atoms with van der Waals surface area (Å²) in [4.78, 5) is 11.8. The third-order valence-corrected chi connectivity index (χ3v) is 3.02. The van der Waals surface area contributed by atoms with E-state index in [1.165, 1.54) is 0 Å². The molecule has 1 amide bonds. The maximum atomic E-state index is 11.8. The van der Waals surface area contributed by atoms with Crippen LogP contribution >= 0.6 is 0 Å². The van der Waals surface area contributed by atoms with Crippen LogP contribution in [0, 0.1) is 0 Å². The zero-order valence-electron chi connectivity index (χ0n) is 12.3. The highest BCUT2D eigenvalue weighted by Gasteiger charge is 2.07. The number of unbranched alkanes of at least 4 members (excludes halogenated alkanes) is 2. The number of hydrogen-bond acceptors (Lipinski definition) is 4. The van der Waals surface area contributed by atoms with Gasteiger partial charge in [0, 0.05) is 6.54 Å². The molecule has 0 bridgehead atoms. The Morgan fingerprint density at radius 3 is 2.55 bits per heavy atom. The molecule has 5 heteroatoms. The fraction of sp³-hybridized carbons (Fsp3) is 0.533. The molecule has 0 aliphatic carbocycles. The summed E-state index contributed by atoms with van der Waals surface area (Å²) in [5.74, 6) is 1.32. The van der Waals surface area contributed by atoms with E-state index < -0.39 is 0 Å². The fourth-order valence-electron chi connectivity index (χ4n) is 1.91. The van der Waals surface area contributed by atoms with Gasteiger partial charge >= 0.3 is 0 Å². The van der Waals surface area contributed by atoms with Crippen LogP contribution in [-0.2, 0) is 11.2 Å². The Morgan fingerprint density at radius 2 is 1.90 bits per heavy atom. The summed E-state index contributed by atoms with van der Waals surface area (Å²) in [7, 11) is 3.17. The van der Waals surface area contributed by atoms with Crippen molar-refractivity contribution in [1.82, 2.24) is 5.32 Å². The van der Waals surface area contributed by atoms with E-state index in [2.05, 4.69) is 5.32 Å². The Kier molecular flexibility index (Phi) is 7.50. The minimum absolute atomic E-state index is 0.0185. The lowest BCUT2D eigenvalue weighted by molar-refractivity contribution is -0.120. The van der Waals surface area contributed by atoms with Crippen molar-refractivity contribution in [3.63, 3.8) is 0 Å². The quantitative estimate of drug-likeness (QED) is 0.672. The smallest absolute Gasteiger partial charge is 0.224 e. The van der Waals surface area contributed by atoms with Gasteiger partial charge in [0.25, 0.3) is 0 Å². The van der Waals surface area contributed by atoms with Crippen molar-refractivity contribution >= 4 is 5.91 Å². The standard InChI is InChI=1S/C15H24N2O3/c1-19-13-7-6-12(10-14(13)20-2)11-15(18)17-9-5-3-4-8-16/h6-7,10H,3-5,8-9,11,16H2,1-2H3,(H,17,18). The summed E-state index contributed by atoms with van der Waals surface area (Å²) in [6.45, 7) is 1.41. The number of methoxy groups -OCH3 is 2. The summed E-state index contributed by atoms with van der Waals surface area (Å²) < 4.78 is 10.4.